The molecule has 2 fully saturated rings. The third kappa shape index (κ3) is 13.0. The van der Waals surface area contributed by atoms with Crippen molar-refractivity contribution in [3.05, 3.63) is 158 Å². The second-order valence-corrected chi connectivity index (χ2v) is 18.8. The van der Waals surface area contributed by atoms with Crippen LogP contribution in [0.4, 0.5) is 50.5 Å². The molecule has 0 unspecified atom stereocenters. The van der Waals surface area contributed by atoms with E-state index in [0.717, 1.165) is 83.6 Å². The monoisotopic (exact) mass is 1030 g/mol. The number of piperidine rings is 1. The molecule has 4 aromatic carbocycles. The maximum atomic E-state index is 12.5. The highest BCUT2D eigenvalue weighted by Crippen LogP contribution is 2.34. The highest BCUT2D eigenvalue weighted by Gasteiger charge is 2.26. The Morgan fingerprint density at radius 2 is 1.40 bits per heavy atom. The smallest absolute Gasteiger partial charge is 0.247 e. The van der Waals surface area contributed by atoms with Crippen molar-refractivity contribution in [1.82, 2.24) is 44.7 Å². The number of rotatable bonds is 19. The summed E-state index contributed by atoms with van der Waals surface area (Å²) in [7, 11) is 1.64. The number of H-pyrrole nitrogens is 2. The van der Waals surface area contributed by atoms with E-state index in [1.807, 2.05) is 60.7 Å². The summed E-state index contributed by atoms with van der Waals surface area (Å²) < 4.78 is 24.3. The number of pyridine rings is 1. The average Bonchev–Trinajstić information content (AvgIpc) is 4.14. The van der Waals surface area contributed by atoms with Crippen LogP contribution in [-0.2, 0) is 22.6 Å². The molecule has 0 radical (unpaired) electrons. The van der Waals surface area contributed by atoms with Gasteiger partial charge in [0.25, 0.3) is 0 Å². The van der Waals surface area contributed by atoms with Gasteiger partial charge in [-0.2, -0.15) is 19.9 Å². The Morgan fingerprint density at radius 3 is 2.16 bits per heavy atom. The molecule has 0 atom stereocenters. The molecule has 0 spiro atoms. The number of carbonyl (C=O) groups is 2. The lowest BCUT2D eigenvalue weighted by Crippen LogP contribution is -2.48. The van der Waals surface area contributed by atoms with Gasteiger partial charge in [-0.15, -0.1) is 0 Å². The minimum Gasteiger partial charge on any atom is -0.495 e. The van der Waals surface area contributed by atoms with Crippen LogP contribution in [0.3, 0.4) is 0 Å². The lowest BCUT2D eigenvalue weighted by atomic mass is 9.92. The minimum absolute atomic E-state index is 0.282. The molecule has 0 saturated carbocycles. The summed E-state index contributed by atoms with van der Waals surface area (Å²) in [5, 5.41) is 18.0. The minimum atomic E-state index is -0.297. The van der Waals surface area contributed by atoms with Gasteiger partial charge in [0.15, 0.2) is 0 Å². The number of anilines is 8. The van der Waals surface area contributed by atoms with Crippen molar-refractivity contribution >= 4 is 90.9 Å². The van der Waals surface area contributed by atoms with Crippen molar-refractivity contribution in [3.63, 3.8) is 0 Å². The Labute approximate surface area is 444 Å². The molecule has 392 valence electrons. The van der Waals surface area contributed by atoms with Gasteiger partial charge >= 0.3 is 0 Å². The van der Waals surface area contributed by atoms with Gasteiger partial charge in [-0.25, -0.2) is 4.39 Å². The number of nitrogens with zero attached hydrogens (tertiary/aromatic N) is 7. The zero-order chi connectivity index (χ0) is 53.1. The van der Waals surface area contributed by atoms with E-state index in [-0.39, 0.29) is 18.5 Å². The third-order valence-corrected chi connectivity index (χ3v) is 13.2. The van der Waals surface area contributed by atoms with Crippen molar-refractivity contribution in [2.45, 2.75) is 32.2 Å². The van der Waals surface area contributed by atoms with Gasteiger partial charge in [-0.1, -0.05) is 43.8 Å². The molecule has 0 aliphatic carbocycles. The van der Waals surface area contributed by atoms with Crippen LogP contribution in [0, 0.1) is 5.92 Å². The summed E-state index contributed by atoms with van der Waals surface area (Å²) in [5.74, 6) is 2.95. The Balaban J connectivity index is 0.000000175. The first kappa shape index (κ1) is 51.3. The van der Waals surface area contributed by atoms with Gasteiger partial charge in [0.2, 0.25) is 29.6 Å². The molecule has 7 heterocycles. The summed E-state index contributed by atoms with van der Waals surface area (Å²) >= 11 is 0. The number of halogens is 1. The van der Waals surface area contributed by atoms with Gasteiger partial charge in [0.1, 0.15) is 35.3 Å². The maximum Gasteiger partial charge on any atom is 0.247 e. The number of carbonyl (C=O) groups excluding carboxylic acids is 2. The second-order valence-electron chi connectivity index (χ2n) is 18.8. The summed E-state index contributed by atoms with van der Waals surface area (Å²) in [6.07, 6.45) is 10.8. The summed E-state index contributed by atoms with van der Waals surface area (Å²) in [4.78, 5) is 57.7. The fourth-order valence-corrected chi connectivity index (χ4v) is 9.42. The van der Waals surface area contributed by atoms with E-state index >= 15 is 0 Å². The van der Waals surface area contributed by atoms with Crippen LogP contribution in [0.5, 0.6) is 17.4 Å². The normalized spacial score (nSPS) is 13.7. The van der Waals surface area contributed by atoms with E-state index in [1.54, 1.807) is 49.8 Å². The zero-order valence-electron chi connectivity index (χ0n) is 42.6. The average molecular weight is 1040 g/mol. The van der Waals surface area contributed by atoms with E-state index in [4.69, 9.17) is 19.4 Å². The zero-order valence-corrected chi connectivity index (χ0v) is 42.6. The fourth-order valence-electron chi connectivity index (χ4n) is 9.42. The van der Waals surface area contributed by atoms with Gasteiger partial charge in [0.05, 0.1) is 34.8 Å². The Morgan fingerprint density at radius 1 is 0.701 bits per heavy atom. The molecule has 2 aliphatic heterocycles. The van der Waals surface area contributed by atoms with Crippen LogP contribution in [0.25, 0.3) is 33.0 Å². The second kappa shape index (κ2) is 24.0. The lowest BCUT2D eigenvalue weighted by molar-refractivity contribution is -0.112. The number of likely N-dealkylation sites (tertiary alicyclic amines) is 2. The van der Waals surface area contributed by atoms with Crippen LogP contribution in [0.15, 0.2) is 147 Å². The number of aromatic amines is 2. The first-order valence-electron chi connectivity index (χ1n) is 25.5. The van der Waals surface area contributed by atoms with Crippen molar-refractivity contribution in [3.8, 4) is 17.4 Å². The molecule has 18 nitrogen and oxygen atoms in total. The highest BCUT2D eigenvalue weighted by molar-refractivity contribution is 6.00. The number of fused-ring (bicyclic) bond motifs is 3. The largest absolute Gasteiger partial charge is 0.495 e. The predicted octanol–water partition coefficient (Wildman–Crippen LogP) is 11.2. The van der Waals surface area contributed by atoms with Crippen LogP contribution in [0.2, 0.25) is 0 Å². The molecule has 11 rings (SSSR count). The standard InChI is InChI=1S/C30H29N7O2.C28H30FN7O2/c1-2-27(38)33-21-7-6-8-24(18-21)39-29-25-13-14-31-28(25)35-30(36-29)34-22-11-12-26-20(17-22)9-10-23(32-26)19-37-15-4-3-5-16-37;1-3-25(37)31-20-5-4-6-21(15-20)32-27-22-9-11-30-26(22)34-28(35-27)33-23-8-7-18(14-24(23)38-2)13-19-16-36(17-19)12-10-29/h2,6-14,17-18H,1,3-5,15-16,19H2,(H,33,38)(H2,31,34,35,36);3-9,11,14-15,19H,1,10,12-13,16-17H2,2H3,(H,31,37)(H3,30,32,33,34,35). The van der Waals surface area contributed by atoms with Crippen LogP contribution < -0.4 is 36.1 Å². The SMILES string of the molecule is C=CC(=O)Nc1cccc(Nc2nc(Nc3ccc(CC4CN(CCF)C4)cc3OC)nc3[nH]ccc23)c1.C=CC(=O)Nc1cccc(Oc2nc(Nc3ccc4nc(CN5CCCCC5)ccc4c3)nc3[nH]ccc23)c1. The molecule has 19 heteroatoms. The van der Waals surface area contributed by atoms with Crippen molar-refractivity contribution in [2.75, 3.05) is 73.1 Å². The summed E-state index contributed by atoms with van der Waals surface area (Å²) in [6.45, 7) is 12.2. The molecule has 5 aromatic heterocycles. The number of alkyl halides is 1. The summed E-state index contributed by atoms with van der Waals surface area (Å²) in [6, 6.07) is 34.5. The topological polar surface area (TPSA) is 215 Å². The molecule has 0 bridgehead atoms. The molecular formula is C58H59FN14O4. The van der Waals surface area contributed by atoms with Gasteiger partial charge in [0, 0.05) is 72.8 Å². The molecule has 2 aliphatic rings. The van der Waals surface area contributed by atoms with Crippen molar-refractivity contribution < 1.29 is 23.5 Å². The van der Waals surface area contributed by atoms with E-state index in [1.165, 1.54) is 37.0 Å². The molecule has 77 heavy (non-hydrogen) atoms. The van der Waals surface area contributed by atoms with E-state index in [9.17, 15) is 14.0 Å². The molecule has 2 amide bonds. The fraction of sp³-hybridized carbons (Fsp3) is 0.224. The predicted molar refractivity (Wildman–Crippen MR) is 302 cm³/mol. The Kier molecular flexibility index (Phi) is 16.0. The number of benzene rings is 4. The van der Waals surface area contributed by atoms with Gasteiger partial charge in [-0.3, -0.25) is 19.5 Å². The van der Waals surface area contributed by atoms with Crippen LogP contribution in [0.1, 0.15) is 30.5 Å². The first-order valence-corrected chi connectivity index (χ1v) is 25.5. The van der Waals surface area contributed by atoms with E-state index in [0.29, 0.717) is 70.2 Å². The lowest BCUT2D eigenvalue weighted by Gasteiger charge is -2.38. The number of methoxy groups -OCH3 is 1. The Hall–Kier alpha value is -9.20. The van der Waals surface area contributed by atoms with Crippen molar-refractivity contribution in [1.29, 1.82) is 0 Å². The van der Waals surface area contributed by atoms with Gasteiger partial charge < -0.3 is 50.9 Å². The maximum absolute atomic E-state index is 12.5. The third-order valence-electron chi connectivity index (χ3n) is 13.2. The number of aromatic nitrogens is 7. The van der Waals surface area contributed by atoms with Gasteiger partial charge in [-0.05, 0) is 135 Å². The number of hydrogen-bond donors (Lipinski definition) is 7. The molecule has 7 N–H and O–H groups in total. The molecule has 2 saturated heterocycles. The number of hydrogen-bond acceptors (Lipinski definition) is 14. The van der Waals surface area contributed by atoms with Crippen LogP contribution in [-0.4, -0.2) is 103 Å². The molecular weight excluding hydrogens is 976 g/mol. The number of ether oxygens (including phenoxy) is 2. The van der Waals surface area contributed by atoms with E-state index in [2.05, 4.69) is 92.7 Å². The van der Waals surface area contributed by atoms with Crippen LogP contribution >= 0.6 is 0 Å². The molecule has 9 aromatic rings. The van der Waals surface area contributed by atoms with E-state index < -0.39 is 0 Å². The van der Waals surface area contributed by atoms with Crippen molar-refractivity contribution in [2.24, 2.45) is 5.92 Å². The number of nitrogens with one attached hydrogen (secondary N) is 7. The highest BCUT2D eigenvalue weighted by atomic mass is 19.1. The number of amides is 2. The first-order chi connectivity index (χ1) is 37.7. The summed E-state index contributed by atoms with van der Waals surface area (Å²) in [5.41, 5.74) is 8.12. The quantitative estimate of drug-likeness (QED) is 0.0375. The Bertz CT molecular complexity index is 3570.